The molecule has 3 nitrogen and oxygen atoms in total. The highest BCUT2D eigenvalue weighted by Gasteiger charge is 2.34. The fourth-order valence-electron chi connectivity index (χ4n) is 2.62. The first-order valence-corrected chi connectivity index (χ1v) is 6.66. The number of carbonyl (C=O) groups is 1. The minimum atomic E-state index is -0.199. The van der Waals surface area contributed by atoms with Crippen molar-refractivity contribution in [2.75, 3.05) is 0 Å². The SMILES string of the molecule is CC1(C(=O)NCc2cccc(O)c2)CCCCC1. The molecule has 0 atom stereocenters. The van der Waals surface area contributed by atoms with Gasteiger partial charge < -0.3 is 10.4 Å². The van der Waals surface area contributed by atoms with Crippen LogP contribution in [0.5, 0.6) is 5.75 Å². The summed E-state index contributed by atoms with van der Waals surface area (Å²) in [5.74, 6) is 0.385. The number of phenols is 1. The maximum Gasteiger partial charge on any atom is 0.226 e. The Morgan fingerprint density at radius 2 is 2.06 bits per heavy atom. The van der Waals surface area contributed by atoms with E-state index < -0.39 is 0 Å². The summed E-state index contributed by atoms with van der Waals surface area (Å²) in [5, 5.41) is 12.4. The molecule has 0 aromatic heterocycles. The number of phenolic OH excluding ortho intramolecular Hbond substituents is 1. The first-order valence-electron chi connectivity index (χ1n) is 6.66. The van der Waals surface area contributed by atoms with Crippen molar-refractivity contribution < 1.29 is 9.90 Å². The third-order valence-electron chi connectivity index (χ3n) is 3.87. The number of amides is 1. The van der Waals surface area contributed by atoms with E-state index >= 15 is 0 Å². The molecule has 1 amide bonds. The molecular formula is C15H21NO2. The van der Waals surface area contributed by atoms with Gasteiger partial charge in [0.25, 0.3) is 0 Å². The van der Waals surface area contributed by atoms with Gasteiger partial charge in [0, 0.05) is 12.0 Å². The van der Waals surface area contributed by atoms with Crippen LogP contribution in [-0.4, -0.2) is 11.0 Å². The third kappa shape index (κ3) is 3.03. The molecule has 2 rings (SSSR count). The molecule has 0 unspecified atom stereocenters. The van der Waals surface area contributed by atoms with Gasteiger partial charge in [0.1, 0.15) is 5.75 Å². The normalized spacial score (nSPS) is 18.3. The smallest absolute Gasteiger partial charge is 0.226 e. The van der Waals surface area contributed by atoms with E-state index in [1.165, 1.54) is 6.42 Å². The molecule has 0 spiro atoms. The molecule has 1 aromatic rings. The summed E-state index contributed by atoms with van der Waals surface area (Å²) < 4.78 is 0. The molecular weight excluding hydrogens is 226 g/mol. The fourth-order valence-corrected chi connectivity index (χ4v) is 2.62. The molecule has 3 heteroatoms. The predicted molar refractivity (Wildman–Crippen MR) is 71.1 cm³/mol. The maximum atomic E-state index is 12.2. The Hall–Kier alpha value is -1.51. The minimum Gasteiger partial charge on any atom is -0.508 e. The van der Waals surface area contributed by atoms with Gasteiger partial charge in [-0.25, -0.2) is 0 Å². The lowest BCUT2D eigenvalue weighted by Gasteiger charge is -2.32. The van der Waals surface area contributed by atoms with Crippen molar-refractivity contribution in [1.82, 2.24) is 5.32 Å². The number of hydrogen-bond acceptors (Lipinski definition) is 2. The van der Waals surface area contributed by atoms with Gasteiger partial charge in [-0.3, -0.25) is 4.79 Å². The fraction of sp³-hybridized carbons (Fsp3) is 0.533. The second kappa shape index (κ2) is 5.42. The number of benzene rings is 1. The van der Waals surface area contributed by atoms with Crippen LogP contribution in [0, 0.1) is 5.41 Å². The highest BCUT2D eigenvalue weighted by molar-refractivity contribution is 5.82. The molecule has 0 aliphatic heterocycles. The number of hydrogen-bond donors (Lipinski definition) is 2. The molecule has 1 saturated carbocycles. The van der Waals surface area contributed by atoms with Crippen molar-refractivity contribution >= 4 is 5.91 Å². The molecule has 0 saturated heterocycles. The number of carbonyl (C=O) groups excluding carboxylic acids is 1. The van der Waals surface area contributed by atoms with E-state index in [1.807, 2.05) is 6.07 Å². The van der Waals surface area contributed by atoms with Gasteiger partial charge in [0.2, 0.25) is 5.91 Å². The molecule has 2 N–H and O–H groups in total. The average Bonchev–Trinajstić information content (AvgIpc) is 2.37. The largest absolute Gasteiger partial charge is 0.508 e. The lowest BCUT2D eigenvalue weighted by molar-refractivity contribution is -0.132. The summed E-state index contributed by atoms with van der Waals surface area (Å²) in [6.07, 6.45) is 5.51. The average molecular weight is 247 g/mol. The van der Waals surface area contributed by atoms with Gasteiger partial charge in [-0.15, -0.1) is 0 Å². The predicted octanol–water partition coefficient (Wildman–Crippen LogP) is 2.98. The summed E-state index contributed by atoms with van der Waals surface area (Å²) in [7, 11) is 0. The lowest BCUT2D eigenvalue weighted by atomic mass is 9.75. The third-order valence-corrected chi connectivity index (χ3v) is 3.87. The summed E-state index contributed by atoms with van der Waals surface area (Å²) >= 11 is 0. The van der Waals surface area contributed by atoms with E-state index in [0.29, 0.717) is 6.54 Å². The van der Waals surface area contributed by atoms with Crippen LogP contribution >= 0.6 is 0 Å². The quantitative estimate of drug-likeness (QED) is 0.862. The monoisotopic (exact) mass is 247 g/mol. The zero-order valence-electron chi connectivity index (χ0n) is 10.9. The van der Waals surface area contributed by atoms with Gasteiger partial charge in [-0.05, 0) is 30.5 Å². The summed E-state index contributed by atoms with van der Waals surface area (Å²) in [4.78, 5) is 12.2. The highest BCUT2D eigenvalue weighted by Crippen LogP contribution is 2.35. The summed E-state index contributed by atoms with van der Waals surface area (Å²) in [6.45, 7) is 2.55. The lowest BCUT2D eigenvalue weighted by Crippen LogP contribution is -2.39. The molecule has 0 bridgehead atoms. The van der Waals surface area contributed by atoms with E-state index in [-0.39, 0.29) is 17.1 Å². The number of nitrogens with one attached hydrogen (secondary N) is 1. The van der Waals surface area contributed by atoms with E-state index in [2.05, 4.69) is 12.2 Å². The Morgan fingerprint density at radius 3 is 2.72 bits per heavy atom. The van der Waals surface area contributed by atoms with Crippen molar-refractivity contribution in [3.05, 3.63) is 29.8 Å². The molecule has 1 aliphatic carbocycles. The Bertz CT molecular complexity index is 422. The van der Waals surface area contributed by atoms with Crippen LogP contribution in [0.2, 0.25) is 0 Å². The summed E-state index contributed by atoms with van der Waals surface area (Å²) in [6, 6.07) is 7.01. The second-order valence-corrected chi connectivity index (χ2v) is 5.47. The van der Waals surface area contributed by atoms with Crippen molar-refractivity contribution in [1.29, 1.82) is 0 Å². The minimum absolute atomic E-state index is 0.144. The first kappa shape index (κ1) is 12.9. The van der Waals surface area contributed by atoms with Crippen molar-refractivity contribution in [2.24, 2.45) is 5.41 Å². The molecule has 1 aromatic carbocycles. The molecule has 98 valence electrons. The molecule has 1 fully saturated rings. The Morgan fingerprint density at radius 1 is 1.33 bits per heavy atom. The Kier molecular flexibility index (Phi) is 3.90. The molecule has 0 heterocycles. The second-order valence-electron chi connectivity index (χ2n) is 5.47. The number of aromatic hydroxyl groups is 1. The van der Waals surface area contributed by atoms with Crippen LogP contribution in [0.1, 0.15) is 44.6 Å². The van der Waals surface area contributed by atoms with Gasteiger partial charge in [0.05, 0.1) is 0 Å². The van der Waals surface area contributed by atoms with E-state index in [1.54, 1.807) is 18.2 Å². The van der Waals surface area contributed by atoms with Crippen LogP contribution in [0.25, 0.3) is 0 Å². The van der Waals surface area contributed by atoms with E-state index in [9.17, 15) is 9.90 Å². The van der Waals surface area contributed by atoms with Gasteiger partial charge in [0.15, 0.2) is 0 Å². The van der Waals surface area contributed by atoms with E-state index in [4.69, 9.17) is 0 Å². The Labute approximate surface area is 108 Å². The first-order chi connectivity index (χ1) is 8.60. The van der Waals surface area contributed by atoms with Crippen LogP contribution in [0.15, 0.2) is 24.3 Å². The van der Waals surface area contributed by atoms with E-state index in [0.717, 1.165) is 31.2 Å². The van der Waals surface area contributed by atoms with Crippen LogP contribution in [-0.2, 0) is 11.3 Å². The molecule has 1 aliphatic rings. The highest BCUT2D eigenvalue weighted by atomic mass is 16.3. The van der Waals surface area contributed by atoms with Crippen molar-refractivity contribution in [3.8, 4) is 5.75 Å². The van der Waals surface area contributed by atoms with Crippen LogP contribution < -0.4 is 5.32 Å². The van der Waals surface area contributed by atoms with Gasteiger partial charge in [-0.1, -0.05) is 38.3 Å². The van der Waals surface area contributed by atoms with Crippen molar-refractivity contribution in [2.45, 2.75) is 45.6 Å². The zero-order chi connectivity index (χ0) is 13.0. The number of rotatable bonds is 3. The molecule has 0 radical (unpaired) electrons. The van der Waals surface area contributed by atoms with Crippen LogP contribution in [0.3, 0.4) is 0 Å². The molecule has 18 heavy (non-hydrogen) atoms. The van der Waals surface area contributed by atoms with Gasteiger partial charge >= 0.3 is 0 Å². The van der Waals surface area contributed by atoms with Gasteiger partial charge in [-0.2, -0.15) is 0 Å². The standard InChI is InChI=1S/C15H21NO2/c1-15(8-3-2-4-9-15)14(18)16-11-12-6-5-7-13(17)10-12/h5-7,10,17H,2-4,8-9,11H2,1H3,(H,16,18). The Balaban J connectivity index is 1.91. The van der Waals surface area contributed by atoms with Crippen LogP contribution in [0.4, 0.5) is 0 Å². The van der Waals surface area contributed by atoms with Crippen molar-refractivity contribution in [3.63, 3.8) is 0 Å². The zero-order valence-corrected chi connectivity index (χ0v) is 10.9. The maximum absolute atomic E-state index is 12.2. The summed E-state index contributed by atoms with van der Waals surface area (Å²) in [5.41, 5.74) is 0.734. The topological polar surface area (TPSA) is 49.3 Å².